The minimum absolute atomic E-state index is 0.0829. The molecule has 1 atom stereocenters. The average Bonchev–Trinajstić information content (AvgIpc) is 2.39. The first-order chi connectivity index (χ1) is 9.47. The monoisotopic (exact) mass is 288 g/mol. The number of nitrogens with zero attached hydrogens (tertiary/aromatic N) is 1. The van der Waals surface area contributed by atoms with Crippen LogP contribution < -0.4 is 5.32 Å². The molecular weight excluding hydrogens is 272 g/mol. The third kappa shape index (κ3) is 3.36. The molecule has 0 radical (unpaired) electrons. The lowest BCUT2D eigenvalue weighted by Gasteiger charge is -2.15. The predicted molar refractivity (Wildman–Crippen MR) is 81.0 cm³/mol. The van der Waals surface area contributed by atoms with Gasteiger partial charge >= 0.3 is 0 Å². The van der Waals surface area contributed by atoms with Crippen molar-refractivity contribution in [3.8, 4) is 0 Å². The molecule has 1 amide bonds. The SMILES string of the molecule is Cc1ccc(C(C)NC(=O)c2cnc(C)cc2Cl)cc1. The van der Waals surface area contributed by atoms with Gasteiger partial charge in [-0.15, -0.1) is 0 Å². The molecule has 0 fully saturated rings. The van der Waals surface area contributed by atoms with Crippen LogP contribution in [0.15, 0.2) is 36.5 Å². The van der Waals surface area contributed by atoms with Gasteiger partial charge < -0.3 is 5.32 Å². The summed E-state index contributed by atoms with van der Waals surface area (Å²) in [5, 5.41) is 3.35. The maximum atomic E-state index is 12.2. The number of hydrogen-bond donors (Lipinski definition) is 1. The maximum Gasteiger partial charge on any atom is 0.254 e. The fraction of sp³-hybridized carbons (Fsp3) is 0.250. The van der Waals surface area contributed by atoms with Crippen molar-refractivity contribution >= 4 is 17.5 Å². The van der Waals surface area contributed by atoms with Gasteiger partial charge in [0.05, 0.1) is 16.6 Å². The quantitative estimate of drug-likeness (QED) is 0.932. The Hall–Kier alpha value is -1.87. The van der Waals surface area contributed by atoms with Gasteiger partial charge in [-0.05, 0) is 32.4 Å². The Balaban J connectivity index is 2.13. The summed E-state index contributed by atoms with van der Waals surface area (Å²) in [6.07, 6.45) is 1.51. The molecule has 2 aromatic rings. The van der Waals surface area contributed by atoms with Crippen molar-refractivity contribution in [1.82, 2.24) is 10.3 Å². The summed E-state index contributed by atoms with van der Waals surface area (Å²) < 4.78 is 0. The van der Waals surface area contributed by atoms with Crippen LogP contribution in [0.4, 0.5) is 0 Å². The van der Waals surface area contributed by atoms with Crippen LogP contribution in [-0.4, -0.2) is 10.9 Å². The number of amides is 1. The van der Waals surface area contributed by atoms with E-state index in [1.165, 1.54) is 11.8 Å². The number of nitrogens with one attached hydrogen (secondary N) is 1. The van der Waals surface area contributed by atoms with Crippen molar-refractivity contribution in [3.63, 3.8) is 0 Å². The van der Waals surface area contributed by atoms with Crippen molar-refractivity contribution in [2.75, 3.05) is 0 Å². The first kappa shape index (κ1) is 14.5. The summed E-state index contributed by atoms with van der Waals surface area (Å²) in [4.78, 5) is 16.3. The van der Waals surface area contributed by atoms with E-state index in [2.05, 4.69) is 10.3 Å². The molecule has 0 aliphatic heterocycles. The fourth-order valence-electron chi connectivity index (χ4n) is 1.91. The lowest BCUT2D eigenvalue weighted by molar-refractivity contribution is 0.0939. The summed E-state index contributed by atoms with van der Waals surface area (Å²) in [5.41, 5.74) is 3.44. The highest BCUT2D eigenvalue weighted by Gasteiger charge is 2.14. The number of aryl methyl sites for hydroxylation is 2. The highest BCUT2D eigenvalue weighted by atomic mass is 35.5. The molecule has 0 aliphatic carbocycles. The molecule has 1 aromatic carbocycles. The van der Waals surface area contributed by atoms with Crippen LogP contribution in [0.5, 0.6) is 0 Å². The van der Waals surface area contributed by atoms with Crippen LogP contribution in [0.25, 0.3) is 0 Å². The van der Waals surface area contributed by atoms with Crippen LogP contribution in [0.1, 0.15) is 40.1 Å². The Morgan fingerprint density at radius 2 is 1.90 bits per heavy atom. The Labute approximate surface area is 124 Å². The third-order valence-corrected chi connectivity index (χ3v) is 3.47. The van der Waals surface area contributed by atoms with E-state index in [1.54, 1.807) is 6.07 Å². The molecule has 3 nitrogen and oxygen atoms in total. The molecule has 0 spiro atoms. The number of halogens is 1. The number of aromatic nitrogens is 1. The Kier molecular flexibility index (Phi) is 4.40. The van der Waals surface area contributed by atoms with Crippen molar-refractivity contribution in [2.45, 2.75) is 26.8 Å². The van der Waals surface area contributed by atoms with Gasteiger partial charge in [0.1, 0.15) is 0 Å². The highest BCUT2D eigenvalue weighted by Crippen LogP contribution is 2.18. The fourth-order valence-corrected chi connectivity index (χ4v) is 2.20. The van der Waals surface area contributed by atoms with Gasteiger partial charge in [-0.1, -0.05) is 41.4 Å². The first-order valence-corrected chi connectivity index (χ1v) is 6.84. The number of carbonyl (C=O) groups is 1. The summed E-state index contributed by atoms with van der Waals surface area (Å²) in [7, 11) is 0. The van der Waals surface area contributed by atoms with E-state index in [0.29, 0.717) is 10.6 Å². The predicted octanol–water partition coefficient (Wildman–Crippen LogP) is 3.84. The van der Waals surface area contributed by atoms with Crippen molar-refractivity contribution in [1.29, 1.82) is 0 Å². The van der Waals surface area contributed by atoms with Gasteiger partial charge in [0.15, 0.2) is 0 Å². The lowest BCUT2D eigenvalue weighted by atomic mass is 10.1. The molecule has 20 heavy (non-hydrogen) atoms. The minimum Gasteiger partial charge on any atom is -0.345 e. The van der Waals surface area contributed by atoms with E-state index >= 15 is 0 Å². The van der Waals surface area contributed by atoms with Crippen molar-refractivity contribution in [2.24, 2.45) is 0 Å². The van der Waals surface area contributed by atoms with Crippen molar-refractivity contribution < 1.29 is 4.79 Å². The van der Waals surface area contributed by atoms with Gasteiger partial charge in [0.2, 0.25) is 0 Å². The summed E-state index contributed by atoms with van der Waals surface area (Å²) in [6.45, 7) is 5.81. The molecule has 1 heterocycles. The van der Waals surface area contributed by atoms with Crippen molar-refractivity contribution in [3.05, 3.63) is 63.9 Å². The first-order valence-electron chi connectivity index (χ1n) is 6.47. The van der Waals surface area contributed by atoms with E-state index in [1.807, 2.05) is 45.0 Å². The van der Waals surface area contributed by atoms with Gasteiger partial charge in [-0.25, -0.2) is 0 Å². The van der Waals surface area contributed by atoms with Gasteiger partial charge in [0, 0.05) is 11.9 Å². The zero-order valence-corrected chi connectivity index (χ0v) is 12.5. The van der Waals surface area contributed by atoms with Crippen LogP contribution >= 0.6 is 11.6 Å². The maximum absolute atomic E-state index is 12.2. The number of hydrogen-bond acceptors (Lipinski definition) is 2. The van der Waals surface area contributed by atoms with E-state index in [9.17, 15) is 4.79 Å². The number of pyridine rings is 1. The van der Waals surface area contributed by atoms with Crippen LogP contribution in [0.2, 0.25) is 5.02 Å². The second kappa shape index (κ2) is 6.06. The zero-order chi connectivity index (χ0) is 14.7. The second-order valence-corrected chi connectivity index (χ2v) is 5.32. The smallest absolute Gasteiger partial charge is 0.254 e. The topological polar surface area (TPSA) is 42.0 Å². The Morgan fingerprint density at radius 3 is 2.50 bits per heavy atom. The Bertz CT molecular complexity index is 623. The number of rotatable bonds is 3. The van der Waals surface area contributed by atoms with E-state index in [4.69, 9.17) is 11.6 Å². The van der Waals surface area contributed by atoms with Crippen LogP contribution in [0, 0.1) is 13.8 Å². The van der Waals surface area contributed by atoms with Crippen LogP contribution in [-0.2, 0) is 0 Å². The largest absolute Gasteiger partial charge is 0.345 e. The molecule has 1 aromatic heterocycles. The number of carbonyl (C=O) groups excluding carboxylic acids is 1. The highest BCUT2D eigenvalue weighted by molar-refractivity contribution is 6.33. The molecule has 104 valence electrons. The molecule has 2 rings (SSSR count). The minimum atomic E-state index is -0.212. The summed E-state index contributed by atoms with van der Waals surface area (Å²) in [5.74, 6) is -0.212. The zero-order valence-electron chi connectivity index (χ0n) is 11.8. The van der Waals surface area contributed by atoms with Gasteiger partial charge in [-0.3, -0.25) is 9.78 Å². The molecule has 1 unspecified atom stereocenters. The third-order valence-electron chi connectivity index (χ3n) is 3.16. The molecular formula is C16H17ClN2O. The Morgan fingerprint density at radius 1 is 1.25 bits per heavy atom. The van der Waals surface area contributed by atoms with Crippen LogP contribution in [0.3, 0.4) is 0 Å². The van der Waals surface area contributed by atoms with E-state index in [0.717, 1.165) is 11.3 Å². The van der Waals surface area contributed by atoms with E-state index < -0.39 is 0 Å². The number of benzene rings is 1. The van der Waals surface area contributed by atoms with E-state index in [-0.39, 0.29) is 11.9 Å². The average molecular weight is 289 g/mol. The standard InChI is InChI=1S/C16H17ClN2O/c1-10-4-6-13(7-5-10)12(3)19-16(20)14-9-18-11(2)8-15(14)17/h4-9,12H,1-3H3,(H,19,20). The summed E-state index contributed by atoms with van der Waals surface area (Å²) in [6, 6.07) is 9.68. The van der Waals surface area contributed by atoms with Gasteiger partial charge in [-0.2, -0.15) is 0 Å². The van der Waals surface area contributed by atoms with Gasteiger partial charge in [0.25, 0.3) is 5.91 Å². The summed E-state index contributed by atoms with van der Waals surface area (Å²) >= 11 is 6.07. The molecule has 1 N–H and O–H groups in total. The molecule has 0 saturated carbocycles. The second-order valence-electron chi connectivity index (χ2n) is 4.91. The molecule has 4 heteroatoms. The molecule has 0 bridgehead atoms. The molecule has 0 aliphatic rings. The lowest BCUT2D eigenvalue weighted by Crippen LogP contribution is -2.27. The molecule has 0 saturated heterocycles. The normalized spacial score (nSPS) is 12.0.